The smallest absolute Gasteiger partial charge is 0.251 e. The lowest BCUT2D eigenvalue weighted by atomic mass is 10.1. The van der Waals surface area contributed by atoms with Gasteiger partial charge in [0.15, 0.2) is 0 Å². The van der Waals surface area contributed by atoms with E-state index in [4.69, 9.17) is 0 Å². The second kappa shape index (κ2) is 6.19. The Kier molecular flexibility index (Phi) is 3.74. The number of aromatic nitrogens is 5. The first kappa shape index (κ1) is 14.5. The first-order valence-electron chi connectivity index (χ1n) is 7.86. The van der Waals surface area contributed by atoms with E-state index in [0.29, 0.717) is 17.5 Å². The Bertz CT molecular complexity index is 880. The van der Waals surface area contributed by atoms with Gasteiger partial charge < -0.3 is 9.88 Å². The molecule has 3 aromatic heterocycles. The summed E-state index contributed by atoms with van der Waals surface area (Å²) in [6, 6.07) is 6.97. The van der Waals surface area contributed by atoms with Gasteiger partial charge in [0.1, 0.15) is 5.82 Å². The fourth-order valence-electron chi connectivity index (χ4n) is 3.03. The fraction of sp³-hybridized carbons (Fsp3) is 0.235. The summed E-state index contributed by atoms with van der Waals surface area (Å²) in [6.07, 6.45) is 8.74. The molecule has 1 unspecified atom stereocenters. The minimum absolute atomic E-state index is 0.0260. The Hall–Kier alpha value is -3.09. The van der Waals surface area contributed by atoms with Gasteiger partial charge in [-0.15, -0.1) is 0 Å². The third-order valence-corrected chi connectivity index (χ3v) is 4.11. The number of rotatable bonds is 3. The van der Waals surface area contributed by atoms with E-state index in [-0.39, 0.29) is 11.6 Å². The molecule has 7 heteroatoms. The topological polar surface area (TPSA) is 87.7 Å². The summed E-state index contributed by atoms with van der Waals surface area (Å²) in [5.74, 6) is 1.32. The summed E-state index contributed by atoms with van der Waals surface area (Å²) in [6.45, 7) is 0.845. The summed E-state index contributed by atoms with van der Waals surface area (Å²) < 4.78 is 0. The highest BCUT2D eigenvalue weighted by Crippen LogP contribution is 2.32. The van der Waals surface area contributed by atoms with Crippen LogP contribution in [-0.2, 0) is 0 Å². The number of H-pyrrole nitrogens is 1. The number of aromatic amines is 1. The molecule has 1 atom stereocenters. The first-order chi connectivity index (χ1) is 11.8. The Morgan fingerprint density at radius 2 is 1.92 bits per heavy atom. The summed E-state index contributed by atoms with van der Waals surface area (Å²) in [5, 5.41) is 0. The predicted molar refractivity (Wildman–Crippen MR) is 89.4 cm³/mol. The van der Waals surface area contributed by atoms with Crippen LogP contribution in [0.4, 0.5) is 5.95 Å². The lowest BCUT2D eigenvalue weighted by Gasteiger charge is -2.23. The Balaban J connectivity index is 1.74. The molecule has 1 N–H and O–H groups in total. The van der Waals surface area contributed by atoms with Crippen LogP contribution in [0.25, 0.3) is 11.3 Å². The lowest BCUT2D eigenvalue weighted by Crippen LogP contribution is -2.27. The van der Waals surface area contributed by atoms with Crippen LogP contribution < -0.4 is 10.5 Å². The Labute approximate surface area is 138 Å². The van der Waals surface area contributed by atoms with Gasteiger partial charge in [-0.3, -0.25) is 9.78 Å². The van der Waals surface area contributed by atoms with Crippen molar-refractivity contribution in [3.63, 3.8) is 0 Å². The van der Waals surface area contributed by atoms with Crippen LogP contribution in [0.1, 0.15) is 24.7 Å². The van der Waals surface area contributed by atoms with Crippen molar-refractivity contribution in [2.75, 3.05) is 11.4 Å². The van der Waals surface area contributed by atoms with E-state index >= 15 is 0 Å². The van der Waals surface area contributed by atoms with Gasteiger partial charge in [-0.1, -0.05) is 0 Å². The van der Waals surface area contributed by atoms with Crippen molar-refractivity contribution >= 4 is 5.95 Å². The van der Waals surface area contributed by atoms with Crippen molar-refractivity contribution in [2.45, 2.75) is 18.9 Å². The molecule has 3 aromatic rings. The molecule has 0 saturated carbocycles. The second-order valence-corrected chi connectivity index (χ2v) is 5.65. The Morgan fingerprint density at radius 3 is 2.71 bits per heavy atom. The zero-order valence-corrected chi connectivity index (χ0v) is 13.0. The van der Waals surface area contributed by atoms with Crippen LogP contribution in [0.15, 0.2) is 53.8 Å². The number of nitrogens with one attached hydrogen (secondary N) is 1. The van der Waals surface area contributed by atoms with Crippen LogP contribution in [0.3, 0.4) is 0 Å². The van der Waals surface area contributed by atoms with Crippen molar-refractivity contribution in [2.24, 2.45) is 0 Å². The number of hydrogen-bond donors (Lipinski definition) is 1. The van der Waals surface area contributed by atoms with E-state index in [9.17, 15) is 4.79 Å². The van der Waals surface area contributed by atoms with Gasteiger partial charge in [0.2, 0.25) is 5.95 Å². The number of pyridine rings is 1. The fourth-order valence-corrected chi connectivity index (χ4v) is 3.03. The SMILES string of the molecule is O=c1cc(-c2ccncc2)nc(C2CCCN2c2ncccn2)[nH]1. The molecule has 120 valence electrons. The highest BCUT2D eigenvalue weighted by atomic mass is 16.1. The highest BCUT2D eigenvalue weighted by molar-refractivity contribution is 5.57. The van der Waals surface area contributed by atoms with Crippen LogP contribution >= 0.6 is 0 Å². The molecule has 0 aliphatic carbocycles. The molecule has 1 aliphatic rings. The maximum absolute atomic E-state index is 12.1. The average molecular weight is 320 g/mol. The zero-order valence-electron chi connectivity index (χ0n) is 13.0. The van der Waals surface area contributed by atoms with Gasteiger partial charge in [-0.05, 0) is 31.0 Å². The van der Waals surface area contributed by atoms with Crippen LogP contribution in [0.5, 0.6) is 0 Å². The summed E-state index contributed by atoms with van der Waals surface area (Å²) in [4.78, 5) is 34.4. The maximum atomic E-state index is 12.1. The third kappa shape index (κ3) is 2.76. The van der Waals surface area contributed by atoms with Crippen molar-refractivity contribution in [3.8, 4) is 11.3 Å². The van der Waals surface area contributed by atoms with Crippen LogP contribution in [0.2, 0.25) is 0 Å². The van der Waals surface area contributed by atoms with Gasteiger partial charge >= 0.3 is 0 Å². The molecular formula is C17H16N6O. The zero-order chi connectivity index (χ0) is 16.4. The quantitative estimate of drug-likeness (QED) is 0.794. The molecule has 1 fully saturated rings. The molecule has 4 heterocycles. The largest absolute Gasteiger partial charge is 0.331 e. The standard InChI is InChI=1S/C17H16N6O/c24-15-11-13(12-4-8-18-9-5-12)21-16(22-15)14-3-1-10-23(14)17-19-6-2-7-20-17/h2,4-9,11,14H,1,3,10H2,(H,21,22,24). The molecule has 0 aromatic carbocycles. The van der Waals surface area contributed by atoms with Gasteiger partial charge in [0, 0.05) is 43.0 Å². The third-order valence-electron chi connectivity index (χ3n) is 4.11. The molecule has 24 heavy (non-hydrogen) atoms. The number of nitrogens with zero attached hydrogens (tertiary/aromatic N) is 5. The second-order valence-electron chi connectivity index (χ2n) is 5.65. The molecule has 1 aliphatic heterocycles. The van der Waals surface area contributed by atoms with Crippen molar-refractivity contribution in [3.05, 3.63) is 65.2 Å². The normalized spacial score (nSPS) is 17.2. The molecule has 7 nitrogen and oxygen atoms in total. The molecule has 0 amide bonds. The lowest BCUT2D eigenvalue weighted by molar-refractivity contribution is 0.651. The maximum Gasteiger partial charge on any atom is 0.251 e. The highest BCUT2D eigenvalue weighted by Gasteiger charge is 2.30. The van der Waals surface area contributed by atoms with E-state index in [1.807, 2.05) is 12.1 Å². The number of hydrogen-bond acceptors (Lipinski definition) is 6. The minimum atomic E-state index is -0.160. The van der Waals surface area contributed by atoms with Gasteiger partial charge in [-0.2, -0.15) is 0 Å². The van der Waals surface area contributed by atoms with Crippen LogP contribution in [0, 0.1) is 0 Å². The van der Waals surface area contributed by atoms with Gasteiger partial charge in [0.05, 0.1) is 11.7 Å². The molecule has 0 bridgehead atoms. The van der Waals surface area contributed by atoms with Crippen LogP contribution in [-0.4, -0.2) is 31.5 Å². The van der Waals surface area contributed by atoms with Gasteiger partial charge in [0.25, 0.3) is 5.56 Å². The monoisotopic (exact) mass is 320 g/mol. The average Bonchev–Trinajstić information content (AvgIpc) is 3.12. The van der Waals surface area contributed by atoms with Crippen molar-refractivity contribution < 1.29 is 0 Å². The van der Waals surface area contributed by atoms with E-state index < -0.39 is 0 Å². The number of anilines is 1. The molecular weight excluding hydrogens is 304 g/mol. The molecule has 1 saturated heterocycles. The summed E-state index contributed by atoms with van der Waals surface area (Å²) >= 11 is 0. The minimum Gasteiger partial charge on any atom is -0.331 e. The van der Waals surface area contributed by atoms with Crippen molar-refractivity contribution in [1.29, 1.82) is 0 Å². The van der Waals surface area contributed by atoms with E-state index in [0.717, 1.165) is 24.9 Å². The van der Waals surface area contributed by atoms with Gasteiger partial charge in [-0.25, -0.2) is 15.0 Å². The molecule has 0 radical (unpaired) electrons. The van der Waals surface area contributed by atoms with Crippen molar-refractivity contribution in [1.82, 2.24) is 24.9 Å². The Morgan fingerprint density at radius 1 is 1.12 bits per heavy atom. The summed E-state index contributed by atoms with van der Waals surface area (Å²) in [7, 11) is 0. The van der Waals surface area contributed by atoms with E-state index in [1.54, 1.807) is 30.9 Å². The van der Waals surface area contributed by atoms with E-state index in [2.05, 4.69) is 29.8 Å². The molecule has 0 spiro atoms. The predicted octanol–water partition coefficient (Wildman–Crippen LogP) is 1.96. The molecule has 4 rings (SSSR count). The first-order valence-corrected chi connectivity index (χ1v) is 7.86. The van der Waals surface area contributed by atoms with E-state index in [1.165, 1.54) is 6.07 Å². The summed E-state index contributed by atoms with van der Waals surface area (Å²) in [5.41, 5.74) is 1.36.